The van der Waals surface area contributed by atoms with E-state index in [0.29, 0.717) is 0 Å². The summed E-state index contributed by atoms with van der Waals surface area (Å²) < 4.78 is 10.3. The van der Waals surface area contributed by atoms with Crippen LogP contribution in [0.1, 0.15) is 26.2 Å². The van der Waals surface area contributed by atoms with Crippen LogP contribution >= 0.6 is 0 Å². The van der Waals surface area contributed by atoms with Gasteiger partial charge in [0.1, 0.15) is 0 Å². The lowest BCUT2D eigenvalue weighted by Crippen LogP contribution is -2.42. The topological polar surface area (TPSA) is 44.5 Å². The summed E-state index contributed by atoms with van der Waals surface area (Å²) in [4.78, 5) is 0. The maximum atomic E-state index is 5.84. The van der Waals surface area contributed by atoms with Crippen LogP contribution in [0.4, 0.5) is 0 Å². The van der Waals surface area contributed by atoms with Gasteiger partial charge in [0.25, 0.3) is 0 Å². The minimum atomic E-state index is -1.54. The van der Waals surface area contributed by atoms with Crippen molar-refractivity contribution in [3.05, 3.63) is 0 Å². The number of rotatable bonds is 6. The second-order valence-corrected chi connectivity index (χ2v) is 5.18. The average molecular weight is 177 g/mol. The van der Waals surface area contributed by atoms with E-state index in [1.165, 1.54) is 6.42 Å². The largest absolute Gasteiger partial charge is 0.399 e. The Balaban J connectivity index is 3.51. The molecular weight excluding hydrogens is 158 g/mol. The number of nitrogens with two attached hydrogens (primary N) is 1. The molecule has 0 aliphatic rings. The Kier molecular flexibility index (Phi) is 6.85. The first kappa shape index (κ1) is 11.1. The molecular formula is C7H19NO2Si. The van der Waals surface area contributed by atoms with E-state index < -0.39 is 9.28 Å². The molecule has 0 aromatic rings. The van der Waals surface area contributed by atoms with Gasteiger partial charge in [0, 0.05) is 19.9 Å². The zero-order chi connectivity index (χ0) is 8.69. The van der Waals surface area contributed by atoms with E-state index >= 15 is 0 Å². The van der Waals surface area contributed by atoms with Crippen LogP contribution in [0, 0.1) is 0 Å². The van der Waals surface area contributed by atoms with E-state index in [-0.39, 0.29) is 5.67 Å². The van der Waals surface area contributed by atoms with E-state index in [2.05, 4.69) is 6.92 Å². The van der Waals surface area contributed by atoms with Crippen LogP contribution in [0.3, 0.4) is 0 Å². The van der Waals surface area contributed by atoms with Crippen molar-refractivity contribution >= 4 is 9.28 Å². The third kappa shape index (κ3) is 4.52. The summed E-state index contributed by atoms with van der Waals surface area (Å²) in [5, 5.41) is 0. The smallest absolute Gasteiger partial charge is 0.338 e. The van der Waals surface area contributed by atoms with Crippen LogP contribution in [0.2, 0.25) is 0 Å². The predicted molar refractivity (Wildman–Crippen MR) is 48.7 cm³/mol. The summed E-state index contributed by atoms with van der Waals surface area (Å²) >= 11 is 0. The molecule has 0 amide bonds. The average Bonchev–Trinajstić information content (AvgIpc) is 2.03. The standard InChI is InChI=1S/C7H19NO2Si/c1-4-5-6-7(8)11(9-2)10-3/h7,11H,4-6,8H2,1-3H3. The van der Waals surface area contributed by atoms with Gasteiger partial charge >= 0.3 is 9.28 Å². The summed E-state index contributed by atoms with van der Waals surface area (Å²) in [7, 11) is 1.81. The van der Waals surface area contributed by atoms with Crippen LogP contribution in [-0.4, -0.2) is 29.2 Å². The minimum absolute atomic E-state index is 0.143. The van der Waals surface area contributed by atoms with Gasteiger partial charge in [-0.25, -0.2) is 0 Å². The molecule has 68 valence electrons. The molecule has 1 atom stereocenters. The SMILES string of the molecule is CCCCC(N)[SiH](OC)OC. The Labute approximate surface area is 70.7 Å². The zero-order valence-corrected chi connectivity index (χ0v) is 8.82. The Morgan fingerprint density at radius 3 is 2.27 bits per heavy atom. The van der Waals surface area contributed by atoms with Gasteiger partial charge in [-0.05, 0) is 6.42 Å². The molecule has 0 aliphatic heterocycles. The second kappa shape index (κ2) is 6.79. The highest BCUT2D eigenvalue weighted by Crippen LogP contribution is 2.02. The fourth-order valence-corrected chi connectivity index (χ4v) is 2.42. The molecule has 0 saturated heterocycles. The molecule has 0 aromatic heterocycles. The molecule has 0 radical (unpaired) electrons. The monoisotopic (exact) mass is 177 g/mol. The van der Waals surface area contributed by atoms with Gasteiger partial charge < -0.3 is 14.6 Å². The van der Waals surface area contributed by atoms with Crippen LogP contribution in [0.15, 0.2) is 0 Å². The van der Waals surface area contributed by atoms with Gasteiger partial charge in [-0.3, -0.25) is 0 Å². The minimum Gasteiger partial charge on any atom is -0.399 e. The van der Waals surface area contributed by atoms with Crippen molar-refractivity contribution < 1.29 is 8.85 Å². The highest BCUT2D eigenvalue weighted by molar-refractivity contribution is 6.46. The molecule has 3 nitrogen and oxygen atoms in total. The Morgan fingerprint density at radius 1 is 1.36 bits per heavy atom. The summed E-state index contributed by atoms with van der Waals surface area (Å²) in [5.41, 5.74) is 5.98. The summed E-state index contributed by atoms with van der Waals surface area (Å²) in [6, 6.07) is 0. The molecule has 2 N–H and O–H groups in total. The fraction of sp³-hybridized carbons (Fsp3) is 1.00. The molecule has 0 bridgehead atoms. The first-order valence-electron chi connectivity index (χ1n) is 4.07. The molecule has 0 saturated carbocycles. The second-order valence-electron chi connectivity index (χ2n) is 2.65. The van der Waals surface area contributed by atoms with Gasteiger partial charge in [-0.1, -0.05) is 19.8 Å². The summed E-state index contributed by atoms with van der Waals surface area (Å²) in [5.74, 6) is 0. The van der Waals surface area contributed by atoms with Crippen molar-refractivity contribution in [3.63, 3.8) is 0 Å². The van der Waals surface area contributed by atoms with E-state index in [1.54, 1.807) is 14.2 Å². The fourth-order valence-electron chi connectivity index (χ4n) is 1.02. The summed E-state index contributed by atoms with van der Waals surface area (Å²) in [6.45, 7) is 2.16. The van der Waals surface area contributed by atoms with Gasteiger partial charge in [0.2, 0.25) is 0 Å². The van der Waals surface area contributed by atoms with Crippen molar-refractivity contribution in [2.45, 2.75) is 31.9 Å². The molecule has 0 aromatic carbocycles. The van der Waals surface area contributed by atoms with Crippen LogP contribution in [0.5, 0.6) is 0 Å². The van der Waals surface area contributed by atoms with Gasteiger partial charge in [-0.15, -0.1) is 0 Å². The third-order valence-electron chi connectivity index (χ3n) is 1.71. The lowest BCUT2D eigenvalue weighted by atomic mass is 10.2. The van der Waals surface area contributed by atoms with Crippen molar-refractivity contribution in [2.75, 3.05) is 14.2 Å². The van der Waals surface area contributed by atoms with Crippen molar-refractivity contribution in [1.29, 1.82) is 0 Å². The molecule has 1 unspecified atom stereocenters. The Hall–Kier alpha value is 0.0969. The van der Waals surface area contributed by atoms with Crippen LogP contribution in [-0.2, 0) is 8.85 Å². The molecule has 0 heterocycles. The lowest BCUT2D eigenvalue weighted by Gasteiger charge is -2.17. The number of hydrogen-bond donors (Lipinski definition) is 1. The third-order valence-corrected chi connectivity index (χ3v) is 3.67. The molecule has 0 aliphatic carbocycles. The van der Waals surface area contributed by atoms with Gasteiger partial charge in [-0.2, -0.15) is 0 Å². The highest BCUT2D eigenvalue weighted by Gasteiger charge is 2.18. The van der Waals surface area contributed by atoms with Crippen molar-refractivity contribution in [1.82, 2.24) is 0 Å². The maximum absolute atomic E-state index is 5.84. The van der Waals surface area contributed by atoms with Crippen molar-refractivity contribution in [3.8, 4) is 0 Å². The zero-order valence-electron chi connectivity index (χ0n) is 7.67. The van der Waals surface area contributed by atoms with Crippen LogP contribution in [0.25, 0.3) is 0 Å². The van der Waals surface area contributed by atoms with Gasteiger partial charge in [0.15, 0.2) is 0 Å². The molecule has 4 heteroatoms. The highest BCUT2D eigenvalue weighted by atomic mass is 28.3. The quantitative estimate of drug-likeness (QED) is 0.603. The first-order chi connectivity index (χ1) is 5.26. The maximum Gasteiger partial charge on any atom is 0.338 e. The van der Waals surface area contributed by atoms with Crippen LogP contribution < -0.4 is 5.73 Å². The number of hydrogen-bond acceptors (Lipinski definition) is 3. The predicted octanol–water partition coefficient (Wildman–Crippen LogP) is 0.556. The molecule has 0 rings (SSSR count). The van der Waals surface area contributed by atoms with E-state index in [9.17, 15) is 0 Å². The molecule has 11 heavy (non-hydrogen) atoms. The number of unbranched alkanes of at least 4 members (excludes halogenated alkanes) is 1. The van der Waals surface area contributed by atoms with E-state index in [1.807, 2.05) is 0 Å². The summed E-state index contributed by atoms with van der Waals surface area (Å²) in [6.07, 6.45) is 3.37. The normalized spacial score (nSPS) is 13.9. The molecule has 0 spiro atoms. The van der Waals surface area contributed by atoms with E-state index in [4.69, 9.17) is 14.6 Å². The van der Waals surface area contributed by atoms with Crippen molar-refractivity contribution in [2.24, 2.45) is 5.73 Å². The van der Waals surface area contributed by atoms with Gasteiger partial charge in [0.05, 0.1) is 0 Å². The lowest BCUT2D eigenvalue weighted by molar-refractivity contribution is 0.264. The Bertz CT molecular complexity index is 88.5. The molecule has 0 fully saturated rings. The van der Waals surface area contributed by atoms with E-state index in [0.717, 1.165) is 12.8 Å². The first-order valence-corrected chi connectivity index (χ1v) is 5.68. The Morgan fingerprint density at radius 2 is 1.91 bits per heavy atom.